The van der Waals surface area contributed by atoms with Gasteiger partial charge >= 0.3 is 0 Å². The smallest absolute Gasteiger partial charge is 0.0705 e. The predicted molar refractivity (Wildman–Crippen MR) is 189 cm³/mol. The van der Waals surface area contributed by atoms with E-state index in [9.17, 15) is 0 Å². The maximum atomic E-state index is 4.73. The van der Waals surface area contributed by atoms with Crippen LogP contribution in [0.15, 0.2) is 91.4 Å². The van der Waals surface area contributed by atoms with Crippen LogP contribution in [0.4, 0.5) is 5.69 Å². The van der Waals surface area contributed by atoms with Crippen molar-refractivity contribution in [3.05, 3.63) is 136 Å². The Bertz CT molecular complexity index is 1740. The Labute approximate surface area is 269 Å². The lowest BCUT2D eigenvalue weighted by Gasteiger charge is -2.40. The van der Waals surface area contributed by atoms with Crippen molar-refractivity contribution >= 4 is 5.69 Å². The molecule has 2 aromatic heterocycles. The molecular weight excluding hydrogens is 548 g/mol. The van der Waals surface area contributed by atoms with E-state index < -0.39 is 0 Å². The summed E-state index contributed by atoms with van der Waals surface area (Å²) in [7, 11) is 0. The summed E-state index contributed by atoms with van der Waals surface area (Å²) in [6.45, 7) is 17.1. The molecule has 1 saturated heterocycles. The van der Waals surface area contributed by atoms with Crippen LogP contribution in [0.25, 0.3) is 22.4 Å². The molecule has 0 aliphatic carbocycles. The second-order valence-corrected chi connectivity index (χ2v) is 13.1. The summed E-state index contributed by atoms with van der Waals surface area (Å²) in [6.07, 6.45) is 8.28. The zero-order valence-corrected chi connectivity index (χ0v) is 27.8. The molecule has 0 bridgehead atoms. The lowest BCUT2D eigenvalue weighted by Crippen LogP contribution is -2.44. The van der Waals surface area contributed by atoms with Crippen molar-refractivity contribution in [1.29, 1.82) is 0 Å². The van der Waals surface area contributed by atoms with Gasteiger partial charge in [-0.05, 0) is 147 Å². The van der Waals surface area contributed by atoms with E-state index >= 15 is 0 Å². The van der Waals surface area contributed by atoms with Crippen molar-refractivity contribution in [2.75, 3.05) is 18.0 Å². The Morgan fingerprint density at radius 3 is 1.93 bits per heavy atom. The number of hydrogen-bond acceptors (Lipinski definition) is 4. The van der Waals surface area contributed by atoms with E-state index in [0.29, 0.717) is 6.04 Å². The molecule has 3 heterocycles. The Morgan fingerprint density at radius 1 is 0.667 bits per heavy atom. The van der Waals surface area contributed by atoms with Crippen LogP contribution in [0.5, 0.6) is 0 Å². The number of hydrogen-bond donors (Lipinski definition) is 0. The maximum Gasteiger partial charge on any atom is 0.0705 e. The fourth-order valence-corrected chi connectivity index (χ4v) is 6.74. The van der Waals surface area contributed by atoms with Crippen molar-refractivity contribution in [1.82, 2.24) is 14.9 Å². The minimum Gasteiger partial charge on any atom is -0.364 e. The zero-order valence-electron chi connectivity index (χ0n) is 27.8. The molecule has 3 aromatic carbocycles. The van der Waals surface area contributed by atoms with Crippen LogP contribution in [-0.4, -0.2) is 34.0 Å². The van der Waals surface area contributed by atoms with Crippen molar-refractivity contribution in [2.24, 2.45) is 0 Å². The molecule has 45 heavy (non-hydrogen) atoms. The Balaban J connectivity index is 1.16. The van der Waals surface area contributed by atoms with Gasteiger partial charge in [0.25, 0.3) is 0 Å². The molecule has 230 valence electrons. The fourth-order valence-electron chi connectivity index (χ4n) is 6.74. The number of para-hydroxylation sites is 1. The number of rotatable bonds is 8. The lowest BCUT2D eigenvalue weighted by molar-refractivity contribution is 0.201. The summed E-state index contributed by atoms with van der Waals surface area (Å²) in [5.74, 6) is 0. The number of nitrogens with zero attached hydrogens (tertiary/aromatic N) is 4. The quantitative estimate of drug-likeness (QED) is 0.179. The van der Waals surface area contributed by atoms with Gasteiger partial charge in [0.2, 0.25) is 0 Å². The third-order valence-corrected chi connectivity index (χ3v) is 9.95. The molecule has 0 spiro atoms. The monoisotopic (exact) mass is 594 g/mol. The summed E-state index contributed by atoms with van der Waals surface area (Å²) in [5.41, 5.74) is 16.6. The number of benzene rings is 3. The van der Waals surface area contributed by atoms with E-state index in [1.54, 1.807) is 0 Å². The van der Waals surface area contributed by atoms with Crippen LogP contribution in [0, 0.1) is 41.5 Å². The highest BCUT2D eigenvalue weighted by Crippen LogP contribution is 2.30. The van der Waals surface area contributed by atoms with E-state index in [4.69, 9.17) is 9.97 Å². The van der Waals surface area contributed by atoms with Crippen LogP contribution in [0.2, 0.25) is 0 Å². The third kappa shape index (κ3) is 7.02. The molecule has 4 nitrogen and oxygen atoms in total. The highest BCUT2D eigenvalue weighted by Gasteiger charge is 2.25. The summed E-state index contributed by atoms with van der Waals surface area (Å²) >= 11 is 0. The summed E-state index contributed by atoms with van der Waals surface area (Å²) in [4.78, 5) is 14.6. The summed E-state index contributed by atoms with van der Waals surface area (Å²) in [6, 6.07) is 27.3. The molecule has 0 amide bonds. The topological polar surface area (TPSA) is 32.3 Å². The number of aryl methyl sites for hydroxylation is 4. The Kier molecular flexibility index (Phi) is 9.14. The van der Waals surface area contributed by atoms with Gasteiger partial charge in [-0.3, -0.25) is 14.9 Å². The predicted octanol–water partition coefficient (Wildman–Crippen LogP) is 9.33. The number of pyridine rings is 2. The van der Waals surface area contributed by atoms with Crippen molar-refractivity contribution in [2.45, 2.75) is 73.5 Å². The van der Waals surface area contributed by atoms with E-state index in [0.717, 1.165) is 44.7 Å². The lowest BCUT2D eigenvalue weighted by atomic mass is 9.96. The van der Waals surface area contributed by atoms with Crippen molar-refractivity contribution in [3.8, 4) is 22.4 Å². The second kappa shape index (κ2) is 13.4. The van der Waals surface area contributed by atoms with Gasteiger partial charge in [-0.2, -0.15) is 0 Å². The molecular formula is C41H46N4. The van der Waals surface area contributed by atoms with Gasteiger partial charge in [-0.1, -0.05) is 30.3 Å². The first kappa shape index (κ1) is 30.7. The van der Waals surface area contributed by atoms with Gasteiger partial charge < -0.3 is 4.90 Å². The molecule has 0 unspecified atom stereocenters. The van der Waals surface area contributed by atoms with Gasteiger partial charge in [0.1, 0.15) is 0 Å². The molecule has 1 aliphatic heterocycles. The van der Waals surface area contributed by atoms with Crippen LogP contribution in [0.3, 0.4) is 0 Å². The van der Waals surface area contributed by atoms with E-state index in [-0.39, 0.29) is 0 Å². The largest absolute Gasteiger partial charge is 0.364 e. The molecule has 0 atom stereocenters. The molecule has 1 aliphatic rings. The maximum absolute atomic E-state index is 4.73. The Morgan fingerprint density at radius 2 is 1.29 bits per heavy atom. The molecule has 4 heteroatoms. The van der Waals surface area contributed by atoms with E-state index in [1.165, 1.54) is 66.9 Å². The van der Waals surface area contributed by atoms with E-state index in [1.807, 2.05) is 18.6 Å². The minimum absolute atomic E-state index is 0.475. The first-order chi connectivity index (χ1) is 21.7. The molecule has 0 saturated carbocycles. The van der Waals surface area contributed by atoms with E-state index in [2.05, 4.69) is 124 Å². The van der Waals surface area contributed by atoms with Crippen molar-refractivity contribution in [3.63, 3.8) is 0 Å². The number of piperidine rings is 1. The van der Waals surface area contributed by atoms with Crippen LogP contribution in [-0.2, 0) is 13.1 Å². The second-order valence-electron chi connectivity index (χ2n) is 13.1. The highest BCUT2D eigenvalue weighted by molar-refractivity contribution is 5.66. The van der Waals surface area contributed by atoms with Crippen molar-refractivity contribution < 1.29 is 0 Å². The number of aromatic nitrogens is 2. The standard InChI is InChI=1S/C41H46N4/c1-28-18-36(19-29(2)32(28)5)38-22-35(24-42-25-38)27-45(39-10-8-7-9-11-39)40-13-16-44(17-14-40)26-34-12-15-43-41(23-34)37-20-30(3)33(6)31(4)21-37/h7-12,15,18-25,40H,13-14,16-17,26-27H2,1-6H3. The summed E-state index contributed by atoms with van der Waals surface area (Å²) < 4.78 is 0. The van der Waals surface area contributed by atoms with Crippen LogP contribution >= 0.6 is 0 Å². The zero-order chi connectivity index (χ0) is 31.5. The van der Waals surface area contributed by atoms with Gasteiger partial charge in [-0.25, -0.2) is 0 Å². The molecule has 0 radical (unpaired) electrons. The average Bonchev–Trinajstić information content (AvgIpc) is 3.05. The number of anilines is 1. The van der Waals surface area contributed by atoms with Crippen LogP contribution in [0.1, 0.15) is 57.3 Å². The molecule has 1 fully saturated rings. The first-order valence-electron chi connectivity index (χ1n) is 16.3. The fraction of sp³-hybridized carbons (Fsp3) is 0.317. The average molecular weight is 595 g/mol. The van der Waals surface area contributed by atoms with Gasteiger partial charge in [0.05, 0.1) is 5.69 Å². The van der Waals surface area contributed by atoms with Crippen LogP contribution < -0.4 is 4.90 Å². The summed E-state index contributed by atoms with van der Waals surface area (Å²) in [5, 5.41) is 0. The molecule has 6 rings (SSSR count). The highest BCUT2D eigenvalue weighted by atomic mass is 15.2. The number of likely N-dealkylation sites (tertiary alicyclic amines) is 1. The normalized spacial score (nSPS) is 14.1. The van der Waals surface area contributed by atoms with Gasteiger partial charge in [0.15, 0.2) is 0 Å². The Hall–Kier alpha value is -4.28. The molecule has 5 aromatic rings. The molecule has 0 N–H and O–H groups in total. The third-order valence-electron chi connectivity index (χ3n) is 9.95. The minimum atomic E-state index is 0.475. The van der Waals surface area contributed by atoms with Gasteiger partial charge in [0, 0.05) is 67.6 Å². The van der Waals surface area contributed by atoms with Gasteiger partial charge in [-0.15, -0.1) is 0 Å². The first-order valence-corrected chi connectivity index (χ1v) is 16.3. The SMILES string of the molecule is Cc1cc(-c2cncc(CN(c3ccccc3)C3CCN(Cc4ccnc(-c5cc(C)c(C)c(C)c5)c4)CC3)c2)cc(C)c1C.